The third-order valence-electron chi connectivity index (χ3n) is 13.9. The standard InChI is InChI=1S/C68H46N2/c1-9-25-47(26-10-1)61-57-43-41-55(69(51-33-17-5-18-34-51)52-35-19-6-20-36-52)45-59(57)63(49-29-13-3-14-30-49)67-65(61)66-62(48-27-11-2-12-28-48)58-44-42-56(46-60(58)64(68(66)67)50-31-15-4-16-32-50)70(53-37-21-7-22-38-53)54-39-23-8-24-40-54/h1-46H. The first-order valence-corrected chi connectivity index (χ1v) is 24.1. The van der Waals surface area contributed by atoms with Crippen molar-refractivity contribution in [3.8, 4) is 66.8 Å². The molecule has 12 aromatic rings. The van der Waals surface area contributed by atoms with Crippen LogP contribution in [0.1, 0.15) is 0 Å². The van der Waals surface area contributed by atoms with E-state index in [4.69, 9.17) is 0 Å². The van der Waals surface area contributed by atoms with Gasteiger partial charge in [-0.05, 0) is 161 Å². The van der Waals surface area contributed by atoms with E-state index in [1.807, 2.05) is 0 Å². The fourth-order valence-corrected chi connectivity index (χ4v) is 11.0. The highest BCUT2D eigenvalue weighted by molar-refractivity contribution is 6.33. The number of anilines is 6. The quantitative estimate of drug-likeness (QED) is 0.135. The van der Waals surface area contributed by atoms with Crippen molar-refractivity contribution in [1.29, 1.82) is 0 Å². The maximum absolute atomic E-state index is 2.44. The fraction of sp³-hybridized carbons (Fsp3) is 0. The number of nitrogens with zero attached hydrogens (tertiary/aromatic N) is 2. The van der Waals surface area contributed by atoms with Crippen LogP contribution in [-0.2, 0) is 0 Å². The molecule has 0 N–H and O–H groups in total. The average molecular weight is 891 g/mol. The Bertz CT molecular complexity index is 3490. The molecule has 0 unspecified atom stereocenters. The molecule has 0 heterocycles. The molecule has 13 rings (SSSR count). The molecule has 0 radical (unpaired) electrons. The number of hydrogen-bond acceptors (Lipinski definition) is 2. The molecule has 0 saturated heterocycles. The van der Waals surface area contributed by atoms with Crippen molar-refractivity contribution >= 4 is 55.7 Å². The van der Waals surface area contributed by atoms with E-state index in [1.165, 1.54) is 88.3 Å². The van der Waals surface area contributed by atoms with Crippen LogP contribution >= 0.6 is 0 Å². The first-order valence-electron chi connectivity index (χ1n) is 24.1. The third-order valence-corrected chi connectivity index (χ3v) is 13.9. The van der Waals surface area contributed by atoms with Gasteiger partial charge in [-0.15, -0.1) is 0 Å². The van der Waals surface area contributed by atoms with Crippen molar-refractivity contribution in [3.63, 3.8) is 0 Å². The molecule has 2 heteroatoms. The Balaban J connectivity index is 1.20. The minimum absolute atomic E-state index is 1.10. The first kappa shape index (κ1) is 41.0. The van der Waals surface area contributed by atoms with Gasteiger partial charge in [0.15, 0.2) is 0 Å². The maximum Gasteiger partial charge on any atom is 0.0468 e. The summed E-state index contributed by atoms with van der Waals surface area (Å²) in [5, 5.41) is 4.85. The molecule has 0 aromatic heterocycles. The molecule has 12 aromatic carbocycles. The lowest BCUT2D eigenvalue weighted by Gasteiger charge is -2.37. The number of para-hydroxylation sites is 4. The van der Waals surface area contributed by atoms with Crippen LogP contribution in [0.25, 0.3) is 88.3 Å². The van der Waals surface area contributed by atoms with E-state index in [2.05, 4.69) is 289 Å². The minimum Gasteiger partial charge on any atom is -0.310 e. The second-order valence-corrected chi connectivity index (χ2v) is 17.9. The lowest BCUT2D eigenvalue weighted by atomic mass is 9.65. The SMILES string of the molecule is c1ccc(-c2c3c(c(-c4ccccc4)c4cc(N(c5ccccc5)c5ccccc5)ccc24)-c2c-3c(-c3ccccc3)c3ccc(N(c4ccccc4)c4ccccc4)cc3c2-c2ccccc2)cc1. The lowest BCUT2D eigenvalue weighted by Crippen LogP contribution is -2.12. The van der Waals surface area contributed by atoms with Crippen LogP contribution in [0.4, 0.5) is 34.1 Å². The molecule has 0 saturated carbocycles. The Labute approximate surface area is 409 Å². The largest absolute Gasteiger partial charge is 0.310 e. The Kier molecular flexibility index (Phi) is 10.2. The van der Waals surface area contributed by atoms with Crippen LogP contribution in [0.5, 0.6) is 0 Å². The van der Waals surface area contributed by atoms with Crippen LogP contribution in [0, 0.1) is 0 Å². The third kappa shape index (κ3) is 6.88. The summed E-state index contributed by atoms with van der Waals surface area (Å²) >= 11 is 0. The summed E-state index contributed by atoms with van der Waals surface area (Å²) in [5.41, 5.74) is 21.5. The van der Waals surface area contributed by atoms with Gasteiger partial charge in [0.05, 0.1) is 0 Å². The molecule has 0 spiro atoms. The highest BCUT2D eigenvalue weighted by Gasteiger charge is 2.39. The minimum atomic E-state index is 1.10. The van der Waals surface area contributed by atoms with Crippen molar-refractivity contribution in [2.75, 3.05) is 9.80 Å². The normalized spacial score (nSPS) is 11.4. The first-order chi connectivity index (χ1) is 34.8. The van der Waals surface area contributed by atoms with Crippen molar-refractivity contribution < 1.29 is 0 Å². The van der Waals surface area contributed by atoms with Gasteiger partial charge in [-0.3, -0.25) is 0 Å². The Morgan fingerprint density at radius 2 is 0.371 bits per heavy atom. The van der Waals surface area contributed by atoms with Gasteiger partial charge in [-0.1, -0.05) is 206 Å². The van der Waals surface area contributed by atoms with E-state index in [0.717, 1.165) is 34.1 Å². The van der Waals surface area contributed by atoms with Gasteiger partial charge in [0.1, 0.15) is 0 Å². The summed E-state index contributed by atoms with van der Waals surface area (Å²) < 4.78 is 0. The van der Waals surface area contributed by atoms with E-state index in [0.29, 0.717) is 0 Å². The predicted octanol–water partition coefficient (Wildman–Crippen LogP) is 19.2. The molecule has 1 aliphatic rings. The summed E-state index contributed by atoms with van der Waals surface area (Å²) in [5.74, 6) is 0. The van der Waals surface area contributed by atoms with Crippen LogP contribution in [0.2, 0.25) is 0 Å². The van der Waals surface area contributed by atoms with E-state index in [-0.39, 0.29) is 0 Å². The highest BCUT2D eigenvalue weighted by Crippen LogP contribution is 2.66. The zero-order chi connectivity index (χ0) is 46.4. The number of fused-ring (bicyclic) bond motifs is 6. The van der Waals surface area contributed by atoms with Gasteiger partial charge < -0.3 is 9.80 Å². The number of rotatable bonds is 10. The molecular weight excluding hydrogens is 845 g/mol. The van der Waals surface area contributed by atoms with E-state index in [9.17, 15) is 0 Å². The van der Waals surface area contributed by atoms with E-state index >= 15 is 0 Å². The Morgan fingerprint density at radius 3 is 0.614 bits per heavy atom. The van der Waals surface area contributed by atoms with Crippen LogP contribution in [0.15, 0.2) is 279 Å². The molecule has 0 bridgehead atoms. The Morgan fingerprint density at radius 1 is 0.157 bits per heavy atom. The van der Waals surface area contributed by atoms with Gasteiger partial charge in [0.2, 0.25) is 0 Å². The van der Waals surface area contributed by atoms with Crippen molar-refractivity contribution in [1.82, 2.24) is 0 Å². The lowest BCUT2D eigenvalue weighted by molar-refractivity contribution is 1.29. The molecule has 1 aliphatic carbocycles. The second kappa shape index (κ2) is 17.4. The van der Waals surface area contributed by atoms with Gasteiger partial charge in [0, 0.05) is 34.1 Å². The highest BCUT2D eigenvalue weighted by atomic mass is 15.1. The summed E-state index contributed by atoms with van der Waals surface area (Å²) in [7, 11) is 0. The molecule has 70 heavy (non-hydrogen) atoms. The second-order valence-electron chi connectivity index (χ2n) is 17.9. The topological polar surface area (TPSA) is 6.48 Å². The van der Waals surface area contributed by atoms with Crippen LogP contribution in [-0.4, -0.2) is 0 Å². The summed E-state index contributed by atoms with van der Waals surface area (Å²) in [6, 6.07) is 102. The molecule has 0 amide bonds. The summed E-state index contributed by atoms with van der Waals surface area (Å²) in [6.45, 7) is 0. The Hall–Kier alpha value is -9.24. The number of benzene rings is 12. The average Bonchev–Trinajstić information content (AvgIpc) is 3.44. The molecule has 0 atom stereocenters. The van der Waals surface area contributed by atoms with Crippen LogP contribution in [0.3, 0.4) is 0 Å². The molecule has 328 valence electrons. The molecule has 0 fully saturated rings. The van der Waals surface area contributed by atoms with Crippen molar-refractivity contribution in [3.05, 3.63) is 279 Å². The van der Waals surface area contributed by atoms with Gasteiger partial charge in [0.25, 0.3) is 0 Å². The van der Waals surface area contributed by atoms with E-state index in [1.54, 1.807) is 0 Å². The molecule has 0 aliphatic heterocycles. The fourth-order valence-electron chi connectivity index (χ4n) is 11.0. The van der Waals surface area contributed by atoms with Gasteiger partial charge in [-0.25, -0.2) is 0 Å². The monoisotopic (exact) mass is 890 g/mol. The predicted molar refractivity (Wildman–Crippen MR) is 297 cm³/mol. The van der Waals surface area contributed by atoms with E-state index < -0.39 is 0 Å². The van der Waals surface area contributed by atoms with Crippen molar-refractivity contribution in [2.45, 2.75) is 0 Å². The number of hydrogen-bond donors (Lipinski definition) is 0. The maximum atomic E-state index is 2.44. The summed E-state index contributed by atoms with van der Waals surface area (Å²) in [6.07, 6.45) is 0. The van der Waals surface area contributed by atoms with Gasteiger partial charge >= 0.3 is 0 Å². The van der Waals surface area contributed by atoms with Gasteiger partial charge in [-0.2, -0.15) is 0 Å². The summed E-state index contributed by atoms with van der Waals surface area (Å²) in [4.78, 5) is 4.76. The van der Waals surface area contributed by atoms with Crippen LogP contribution < -0.4 is 9.80 Å². The molecular formula is C68H46N2. The van der Waals surface area contributed by atoms with Crippen molar-refractivity contribution in [2.24, 2.45) is 0 Å². The zero-order valence-electron chi connectivity index (χ0n) is 38.5. The smallest absolute Gasteiger partial charge is 0.0468 e. The zero-order valence-corrected chi connectivity index (χ0v) is 38.5. The molecule has 2 nitrogen and oxygen atoms in total.